The lowest BCUT2D eigenvalue weighted by molar-refractivity contribution is 0.250. The van der Waals surface area contributed by atoms with Crippen molar-refractivity contribution in [3.05, 3.63) is 59.1 Å². The van der Waals surface area contributed by atoms with E-state index in [0.717, 1.165) is 43.4 Å². The molecule has 2 aromatic carbocycles. The Morgan fingerprint density at radius 1 is 0.952 bits per heavy atom. The zero-order chi connectivity index (χ0) is 14.7. The standard InChI is InChI=1S/C17H20ClN3/c18-15-4-1-3-14(11-15)13-20-7-9-21(10-8-20)17-6-2-5-16(19)12-17/h1-6,11-12H,7-10,13,19H2. The van der Waals surface area contributed by atoms with Gasteiger partial charge in [-0.15, -0.1) is 0 Å². The van der Waals surface area contributed by atoms with Crippen molar-refractivity contribution >= 4 is 23.0 Å². The largest absolute Gasteiger partial charge is 0.399 e. The molecule has 0 aliphatic carbocycles. The van der Waals surface area contributed by atoms with Crippen LogP contribution in [0.2, 0.25) is 5.02 Å². The van der Waals surface area contributed by atoms with Crippen LogP contribution < -0.4 is 10.6 Å². The lowest BCUT2D eigenvalue weighted by atomic mass is 10.2. The van der Waals surface area contributed by atoms with Crippen LogP contribution in [0, 0.1) is 0 Å². The quantitative estimate of drug-likeness (QED) is 0.883. The molecule has 3 nitrogen and oxygen atoms in total. The van der Waals surface area contributed by atoms with Gasteiger partial charge in [-0.1, -0.05) is 29.8 Å². The lowest BCUT2D eigenvalue weighted by Gasteiger charge is -2.36. The van der Waals surface area contributed by atoms with Crippen molar-refractivity contribution in [1.82, 2.24) is 4.90 Å². The van der Waals surface area contributed by atoms with E-state index < -0.39 is 0 Å². The molecular formula is C17H20ClN3. The predicted octanol–water partition coefficient (Wildman–Crippen LogP) is 3.24. The van der Waals surface area contributed by atoms with Crippen LogP contribution >= 0.6 is 11.6 Å². The summed E-state index contributed by atoms with van der Waals surface area (Å²) in [6.07, 6.45) is 0. The third-order valence-electron chi connectivity index (χ3n) is 3.90. The number of hydrogen-bond acceptors (Lipinski definition) is 3. The number of nitrogens with two attached hydrogens (primary N) is 1. The fourth-order valence-electron chi connectivity index (χ4n) is 2.78. The Morgan fingerprint density at radius 2 is 1.71 bits per heavy atom. The maximum Gasteiger partial charge on any atom is 0.0409 e. The van der Waals surface area contributed by atoms with E-state index in [1.54, 1.807) is 0 Å². The summed E-state index contributed by atoms with van der Waals surface area (Å²) in [6.45, 7) is 5.14. The highest BCUT2D eigenvalue weighted by Crippen LogP contribution is 2.20. The summed E-state index contributed by atoms with van der Waals surface area (Å²) >= 11 is 6.04. The van der Waals surface area contributed by atoms with Gasteiger partial charge < -0.3 is 10.6 Å². The van der Waals surface area contributed by atoms with Gasteiger partial charge in [0.25, 0.3) is 0 Å². The van der Waals surface area contributed by atoms with Crippen molar-refractivity contribution in [2.45, 2.75) is 6.54 Å². The number of nitrogens with zero attached hydrogens (tertiary/aromatic N) is 2. The van der Waals surface area contributed by atoms with Crippen molar-refractivity contribution in [2.75, 3.05) is 36.8 Å². The third-order valence-corrected chi connectivity index (χ3v) is 4.14. The van der Waals surface area contributed by atoms with Gasteiger partial charge in [0, 0.05) is 49.1 Å². The molecule has 0 radical (unpaired) electrons. The summed E-state index contributed by atoms with van der Waals surface area (Å²) in [5.41, 5.74) is 9.18. The zero-order valence-electron chi connectivity index (χ0n) is 12.0. The average Bonchev–Trinajstić information content (AvgIpc) is 2.48. The average molecular weight is 302 g/mol. The van der Waals surface area contributed by atoms with E-state index in [1.165, 1.54) is 11.3 Å². The molecule has 1 aliphatic rings. The first-order chi connectivity index (χ1) is 10.2. The third kappa shape index (κ3) is 3.69. The highest BCUT2D eigenvalue weighted by molar-refractivity contribution is 6.30. The van der Waals surface area contributed by atoms with Crippen LogP contribution in [0.4, 0.5) is 11.4 Å². The smallest absolute Gasteiger partial charge is 0.0409 e. The molecule has 1 aliphatic heterocycles. The van der Waals surface area contributed by atoms with Gasteiger partial charge in [-0.3, -0.25) is 4.90 Å². The number of halogens is 1. The molecule has 0 bridgehead atoms. The van der Waals surface area contributed by atoms with Crippen molar-refractivity contribution in [3.63, 3.8) is 0 Å². The summed E-state index contributed by atoms with van der Waals surface area (Å²) in [4.78, 5) is 4.86. The summed E-state index contributed by atoms with van der Waals surface area (Å²) in [5.74, 6) is 0. The summed E-state index contributed by atoms with van der Waals surface area (Å²) in [7, 11) is 0. The number of nitrogen functional groups attached to an aromatic ring is 1. The Morgan fingerprint density at radius 3 is 2.43 bits per heavy atom. The minimum Gasteiger partial charge on any atom is -0.399 e. The molecular weight excluding hydrogens is 282 g/mol. The Labute approximate surface area is 130 Å². The monoisotopic (exact) mass is 301 g/mol. The predicted molar refractivity (Wildman–Crippen MR) is 89.8 cm³/mol. The second-order valence-electron chi connectivity index (χ2n) is 5.49. The fraction of sp³-hybridized carbons (Fsp3) is 0.294. The van der Waals surface area contributed by atoms with E-state index in [0.29, 0.717) is 0 Å². The molecule has 0 aromatic heterocycles. The number of anilines is 2. The first-order valence-electron chi connectivity index (χ1n) is 7.28. The molecule has 0 unspecified atom stereocenters. The van der Waals surface area contributed by atoms with Gasteiger partial charge in [-0.25, -0.2) is 0 Å². The van der Waals surface area contributed by atoms with Crippen LogP contribution in [0.15, 0.2) is 48.5 Å². The van der Waals surface area contributed by atoms with Gasteiger partial charge in [0.05, 0.1) is 0 Å². The second-order valence-corrected chi connectivity index (χ2v) is 5.92. The minimum atomic E-state index is 0.811. The van der Waals surface area contributed by atoms with Crippen LogP contribution in [-0.4, -0.2) is 31.1 Å². The van der Waals surface area contributed by atoms with Crippen LogP contribution in [0.25, 0.3) is 0 Å². The van der Waals surface area contributed by atoms with Crippen molar-refractivity contribution in [2.24, 2.45) is 0 Å². The summed E-state index contributed by atoms with van der Waals surface area (Å²) < 4.78 is 0. The van der Waals surface area contributed by atoms with Crippen LogP contribution in [0.3, 0.4) is 0 Å². The highest BCUT2D eigenvalue weighted by Gasteiger charge is 2.17. The molecule has 110 valence electrons. The number of hydrogen-bond donors (Lipinski definition) is 1. The highest BCUT2D eigenvalue weighted by atomic mass is 35.5. The van der Waals surface area contributed by atoms with Gasteiger partial charge in [0.15, 0.2) is 0 Å². The molecule has 0 amide bonds. The molecule has 0 spiro atoms. The van der Waals surface area contributed by atoms with Crippen LogP contribution in [-0.2, 0) is 6.54 Å². The van der Waals surface area contributed by atoms with Gasteiger partial charge in [-0.05, 0) is 35.9 Å². The SMILES string of the molecule is Nc1cccc(N2CCN(Cc3cccc(Cl)c3)CC2)c1. The molecule has 2 N–H and O–H groups in total. The maximum atomic E-state index is 6.04. The number of benzene rings is 2. The van der Waals surface area contributed by atoms with Crippen molar-refractivity contribution in [1.29, 1.82) is 0 Å². The van der Waals surface area contributed by atoms with Crippen LogP contribution in [0.5, 0.6) is 0 Å². The van der Waals surface area contributed by atoms with E-state index in [1.807, 2.05) is 36.4 Å². The second kappa shape index (κ2) is 6.37. The lowest BCUT2D eigenvalue weighted by Crippen LogP contribution is -2.45. The fourth-order valence-corrected chi connectivity index (χ4v) is 2.99. The molecule has 3 rings (SSSR count). The zero-order valence-corrected chi connectivity index (χ0v) is 12.8. The van der Waals surface area contributed by atoms with Gasteiger partial charge in [0.1, 0.15) is 0 Å². The van der Waals surface area contributed by atoms with E-state index in [4.69, 9.17) is 17.3 Å². The molecule has 1 saturated heterocycles. The van der Waals surface area contributed by atoms with E-state index in [2.05, 4.69) is 21.9 Å². The first kappa shape index (κ1) is 14.2. The van der Waals surface area contributed by atoms with Gasteiger partial charge in [0.2, 0.25) is 0 Å². The summed E-state index contributed by atoms with van der Waals surface area (Å²) in [6, 6.07) is 16.2. The van der Waals surface area contributed by atoms with E-state index in [9.17, 15) is 0 Å². The molecule has 1 heterocycles. The van der Waals surface area contributed by atoms with Gasteiger partial charge >= 0.3 is 0 Å². The molecule has 21 heavy (non-hydrogen) atoms. The summed E-state index contributed by atoms with van der Waals surface area (Å²) in [5, 5.41) is 0.811. The Kier molecular flexibility index (Phi) is 4.32. The normalized spacial score (nSPS) is 16.1. The van der Waals surface area contributed by atoms with Crippen molar-refractivity contribution in [3.8, 4) is 0 Å². The molecule has 0 atom stereocenters. The molecule has 4 heteroatoms. The molecule has 2 aromatic rings. The first-order valence-corrected chi connectivity index (χ1v) is 7.66. The number of piperazine rings is 1. The molecule has 0 saturated carbocycles. The van der Waals surface area contributed by atoms with E-state index in [-0.39, 0.29) is 0 Å². The van der Waals surface area contributed by atoms with Crippen LogP contribution in [0.1, 0.15) is 5.56 Å². The Hall–Kier alpha value is -1.71. The number of rotatable bonds is 3. The Balaban J connectivity index is 1.58. The maximum absolute atomic E-state index is 6.04. The van der Waals surface area contributed by atoms with Gasteiger partial charge in [-0.2, -0.15) is 0 Å². The van der Waals surface area contributed by atoms with Crippen molar-refractivity contribution < 1.29 is 0 Å². The Bertz CT molecular complexity index is 606. The topological polar surface area (TPSA) is 32.5 Å². The molecule has 1 fully saturated rings. The minimum absolute atomic E-state index is 0.811. The van der Waals surface area contributed by atoms with E-state index >= 15 is 0 Å².